The molecule has 0 aromatic carbocycles. The number of rotatable bonds is 3. The number of hydrogen-bond donors (Lipinski definition) is 2. The van der Waals surface area contributed by atoms with Gasteiger partial charge in [0.25, 0.3) is 0 Å². The fourth-order valence-electron chi connectivity index (χ4n) is 2.22. The van der Waals surface area contributed by atoms with Crippen molar-refractivity contribution in [1.82, 2.24) is 25.7 Å². The average molecular weight is 292 g/mol. The molecule has 2 aromatic rings. The van der Waals surface area contributed by atoms with Crippen LogP contribution in [0, 0.1) is 0 Å². The van der Waals surface area contributed by atoms with Crippen LogP contribution in [0.4, 0.5) is 10.5 Å². The molecule has 0 spiro atoms. The number of carbonyl (C=O) groups excluding carboxylic acids is 1. The Hall–Kier alpha value is -1.96. The summed E-state index contributed by atoms with van der Waals surface area (Å²) < 4.78 is 0. The van der Waals surface area contributed by atoms with E-state index < -0.39 is 0 Å². The second-order valence-electron chi connectivity index (χ2n) is 4.59. The highest BCUT2D eigenvalue weighted by molar-refractivity contribution is 7.11. The lowest BCUT2D eigenvalue weighted by Gasteiger charge is -2.26. The van der Waals surface area contributed by atoms with Crippen LogP contribution in [0.25, 0.3) is 0 Å². The van der Waals surface area contributed by atoms with Gasteiger partial charge in [-0.15, -0.1) is 10.2 Å². The molecule has 1 aliphatic heterocycles. The maximum absolute atomic E-state index is 12.2. The van der Waals surface area contributed by atoms with Gasteiger partial charge >= 0.3 is 6.03 Å². The molecule has 3 heterocycles. The molecule has 0 saturated carbocycles. The molecule has 0 bridgehead atoms. The molecule has 0 unspecified atom stereocenters. The molecule has 0 saturated heterocycles. The Morgan fingerprint density at radius 2 is 2.35 bits per heavy atom. The highest BCUT2D eigenvalue weighted by atomic mass is 32.1. The van der Waals surface area contributed by atoms with Gasteiger partial charge in [0.05, 0.1) is 24.1 Å². The largest absolute Gasteiger partial charge is 0.331 e. The van der Waals surface area contributed by atoms with Gasteiger partial charge in [0.2, 0.25) is 0 Å². The number of aromatic amines is 1. The van der Waals surface area contributed by atoms with Gasteiger partial charge in [0.15, 0.2) is 0 Å². The van der Waals surface area contributed by atoms with Crippen LogP contribution in [0.1, 0.15) is 29.1 Å². The SMILES string of the molecule is CCc1nnc(CNC(=O)N2CCCc3[nH]ncc32)s1. The first-order chi connectivity index (χ1) is 9.78. The van der Waals surface area contributed by atoms with Crippen LogP contribution in [-0.2, 0) is 19.4 Å². The summed E-state index contributed by atoms with van der Waals surface area (Å²) in [6, 6.07) is -0.111. The minimum absolute atomic E-state index is 0.111. The monoisotopic (exact) mass is 292 g/mol. The predicted molar refractivity (Wildman–Crippen MR) is 75.8 cm³/mol. The summed E-state index contributed by atoms with van der Waals surface area (Å²) in [7, 11) is 0. The van der Waals surface area contributed by atoms with E-state index in [0.29, 0.717) is 13.1 Å². The van der Waals surface area contributed by atoms with Crippen LogP contribution >= 0.6 is 11.3 Å². The molecule has 8 heteroatoms. The molecular weight excluding hydrogens is 276 g/mol. The van der Waals surface area contributed by atoms with Crippen molar-refractivity contribution < 1.29 is 4.79 Å². The van der Waals surface area contributed by atoms with E-state index in [0.717, 1.165) is 40.7 Å². The van der Waals surface area contributed by atoms with Gasteiger partial charge in [0.1, 0.15) is 10.0 Å². The third-order valence-electron chi connectivity index (χ3n) is 3.24. The maximum Gasteiger partial charge on any atom is 0.322 e. The number of nitrogens with zero attached hydrogens (tertiary/aromatic N) is 4. The van der Waals surface area contributed by atoms with Gasteiger partial charge < -0.3 is 5.32 Å². The number of anilines is 1. The van der Waals surface area contributed by atoms with Crippen molar-refractivity contribution in [2.24, 2.45) is 0 Å². The van der Waals surface area contributed by atoms with E-state index in [1.54, 1.807) is 11.1 Å². The Morgan fingerprint density at radius 1 is 1.50 bits per heavy atom. The number of fused-ring (bicyclic) bond motifs is 1. The summed E-state index contributed by atoms with van der Waals surface area (Å²) in [5, 5.41) is 19.7. The van der Waals surface area contributed by atoms with E-state index in [-0.39, 0.29) is 6.03 Å². The molecule has 0 aliphatic carbocycles. The topological polar surface area (TPSA) is 86.8 Å². The number of H-pyrrole nitrogens is 1. The minimum atomic E-state index is -0.111. The minimum Gasteiger partial charge on any atom is -0.331 e. The van der Waals surface area contributed by atoms with E-state index in [2.05, 4.69) is 25.7 Å². The Balaban J connectivity index is 1.63. The van der Waals surface area contributed by atoms with E-state index >= 15 is 0 Å². The van der Waals surface area contributed by atoms with Gasteiger partial charge in [0, 0.05) is 6.54 Å². The van der Waals surface area contributed by atoms with Crippen LogP contribution in [0.2, 0.25) is 0 Å². The smallest absolute Gasteiger partial charge is 0.322 e. The number of hydrogen-bond acceptors (Lipinski definition) is 5. The number of amides is 2. The second kappa shape index (κ2) is 5.58. The quantitative estimate of drug-likeness (QED) is 0.897. The first-order valence-electron chi connectivity index (χ1n) is 6.66. The third-order valence-corrected chi connectivity index (χ3v) is 4.31. The van der Waals surface area contributed by atoms with Gasteiger partial charge in [-0.2, -0.15) is 5.10 Å². The van der Waals surface area contributed by atoms with Crippen molar-refractivity contribution in [2.45, 2.75) is 32.7 Å². The summed E-state index contributed by atoms with van der Waals surface area (Å²) in [6.07, 6.45) is 4.46. The van der Waals surface area contributed by atoms with Crippen LogP contribution in [-0.4, -0.2) is 33.0 Å². The first kappa shape index (κ1) is 13.0. The standard InChI is InChI=1S/C12H16N6OS/c1-2-10-16-17-11(20-10)7-13-12(19)18-5-3-4-8-9(18)6-14-15-8/h6H,2-5,7H2,1H3,(H,13,19)(H,14,15). The zero-order chi connectivity index (χ0) is 13.9. The lowest BCUT2D eigenvalue weighted by Crippen LogP contribution is -2.42. The Morgan fingerprint density at radius 3 is 3.15 bits per heavy atom. The summed E-state index contributed by atoms with van der Waals surface area (Å²) >= 11 is 1.53. The molecule has 0 fully saturated rings. The maximum atomic E-state index is 12.2. The van der Waals surface area contributed by atoms with Crippen LogP contribution < -0.4 is 10.2 Å². The summed E-state index contributed by atoms with van der Waals surface area (Å²) in [5.41, 5.74) is 1.90. The Kier molecular flexibility index (Phi) is 3.64. The normalized spacial score (nSPS) is 14.2. The fourth-order valence-corrected chi connectivity index (χ4v) is 2.94. The predicted octanol–water partition coefficient (Wildman–Crippen LogP) is 1.49. The van der Waals surface area contributed by atoms with Crippen LogP contribution in [0.3, 0.4) is 0 Å². The first-order valence-corrected chi connectivity index (χ1v) is 7.48. The Labute approximate surface area is 120 Å². The molecule has 0 radical (unpaired) electrons. The molecule has 20 heavy (non-hydrogen) atoms. The van der Waals surface area contributed by atoms with E-state index in [4.69, 9.17) is 0 Å². The van der Waals surface area contributed by atoms with Crippen LogP contribution in [0.15, 0.2) is 6.20 Å². The van der Waals surface area contributed by atoms with Gasteiger partial charge in [-0.25, -0.2) is 4.79 Å². The number of urea groups is 1. The van der Waals surface area contributed by atoms with Crippen LogP contribution in [0.5, 0.6) is 0 Å². The second-order valence-corrected chi connectivity index (χ2v) is 5.74. The van der Waals surface area contributed by atoms with Crippen molar-refractivity contribution in [3.8, 4) is 0 Å². The summed E-state index contributed by atoms with van der Waals surface area (Å²) in [4.78, 5) is 14.0. The molecule has 1 aliphatic rings. The highest BCUT2D eigenvalue weighted by Gasteiger charge is 2.23. The molecule has 106 valence electrons. The van der Waals surface area contributed by atoms with E-state index in [1.165, 1.54) is 11.3 Å². The van der Waals surface area contributed by atoms with Crippen molar-refractivity contribution in [2.75, 3.05) is 11.4 Å². The Bertz CT molecular complexity index is 607. The van der Waals surface area contributed by atoms with Crippen molar-refractivity contribution in [1.29, 1.82) is 0 Å². The zero-order valence-electron chi connectivity index (χ0n) is 11.2. The molecule has 3 rings (SSSR count). The fraction of sp³-hybridized carbons (Fsp3) is 0.500. The zero-order valence-corrected chi connectivity index (χ0v) is 12.0. The van der Waals surface area contributed by atoms with Crippen molar-refractivity contribution in [3.05, 3.63) is 21.9 Å². The van der Waals surface area contributed by atoms with E-state index in [1.807, 2.05) is 6.92 Å². The van der Waals surface area contributed by atoms with Crippen molar-refractivity contribution >= 4 is 23.1 Å². The third kappa shape index (κ3) is 2.51. The number of carbonyl (C=O) groups is 1. The number of aryl methyl sites for hydroxylation is 2. The summed E-state index contributed by atoms with van der Waals surface area (Å²) in [5.74, 6) is 0. The highest BCUT2D eigenvalue weighted by Crippen LogP contribution is 2.24. The van der Waals surface area contributed by atoms with Gasteiger partial charge in [-0.3, -0.25) is 10.00 Å². The number of nitrogens with one attached hydrogen (secondary N) is 2. The average Bonchev–Trinajstić information content (AvgIpc) is 3.12. The van der Waals surface area contributed by atoms with Crippen molar-refractivity contribution in [3.63, 3.8) is 0 Å². The molecule has 2 amide bonds. The molecule has 0 atom stereocenters. The lowest BCUT2D eigenvalue weighted by atomic mass is 10.1. The molecule has 7 nitrogen and oxygen atoms in total. The lowest BCUT2D eigenvalue weighted by molar-refractivity contribution is 0.245. The molecular formula is C12H16N6OS. The molecule has 2 N–H and O–H groups in total. The number of aromatic nitrogens is 4. The molecule has 2 aromatic heterocycles. The van der Waals surface area contributed by atoms with Gasteiger partial charge in [-0.1, -0.05) is 18.3 Å². The summed E-state index contributed by atoms with van der Waals surface area (Å²) in [6.45, 7) is 3.17. The van der Waals surface area contributed by atoms with E-state index in [9.17, 15) is 4.79 Å². The van der Waals surface area contributed by atoms with Gasteiger partial charge in [-0.05, 0) is 19.3 Å².